The number of nitrogens with one attached hydrogen (secondary N) is 1. The lowest BCUT2D eigenvalue weighted by Crippen LogP contribution is -2.52. The maximum absolute atomic E-state index is 13.5. The molecule has 4 rings (SSSR count). The van der Waals surface area contributed by atoms with E-state index in [9.17, 15) is 14.4 Å². The molecule has 2 amide bonds. The number of likely N-dealkylation sites (tertiary alicyclic amines) is 1. The van der Waals surface area contributed by atoms with Crippen LogP contribution in [0, 0.1) is 5.92 Å². The molecular formula is C27H49N5O5S3. The van der Waals surface area contributed by atoms with Gasteiger partial charge in [-0.3, -0.25) is 19.3 Å². The highest BCUT2D eigenvalue weighted by atomic mass is 32.1. The first-order chi connectivity index (χ1) is 17.3. The molecule has 0 bridgehead atoms. The van der Waals surface area contributed by atoms with Crippen LogP contribution in [0.25, 0.3) is 0 Å². The fraction of sp³-hybridized carbons (Fsp3) is 0.667. The van der Waals surface area contributed by atoms with Gasteiger partial charge in [-0.25, -0.2) is 0 Å². The average molecular weight is 620 g/mol. The van der Waals surface area contributed by atoms with E-state index in [0.717, 1.165) is 45.0 Å². The van der Waals surface area contributed by atoms with Gasteiger partial charge in [0.15, 0.2) is 5.78 Å². The zero-order chi connectivity index (χ0) is 25.8. The molecule has 3 N–H and O–H groups in total. The first-order valence-electron chi connectivity index (χ1n) is 12.9. The molecule has 0 unspecified atom stereocenters. The maximum Gasteiger partial charge on any atom is 0.251 e. The second-order valence-electron chi connectivity index (χ2n) is 10.4. The van der Waals surface area contributed by atoms with Crippen LogP contribution in [0.4, 0.5) is 5.69 Å². The summed E-state index contributed by atoms with van der Waals surface area (Å²) in [7, 11) is 1.72. The number of piperazine rings is 1. The van der Waals surface area contributed by atoms with E-state index in [1.807, 2.05) is 26.0 Å². The van der Waals surface area contributed by atoms with Crippen LogP contribution >= 0.6 is 40.5 Å². The molecule has 13 heteroatoms. The number of ether oxygens (including phenoxy) is 2. The summed E-state index contributed by atoms with van der Waals surface area (Å²) >= 11 is 0. The Labute approximate surface area is 260 Å². The monoisotopic (exact) mass is 619 g/mol. The Hall–Kier alpha value is -1.48. The standard InChI is InChI=1S/C26H39N5O5.CH4.3H2S/c1-17(2)14-21(26(34)31-15-20(27)24-23(31)22(32)16-36-24)28-25(33)18-4-6-19(7-5-18)30-10-8-29(9-11-30)12-13-35-3;;;;/h4-7,17,20-21,23-24H,8-16,27H2,1-3H3,(H,28,33);1H4;3*1H2/t20-,21-,23+,24+;;;;/m0..../s1. The van der Waals surface area contributed by atoms with Gasteiger partial charge in [-0.2, -0.15) is 40.5 Å². The smallest absolute Gasteiger partial charge is 0.251 e. The van der Waals surface area contributed by atoms with Crippen LogP contribution in [0.3, 0.4) is 0 Å². The Kier molecular flexibility index (Phi) is 16.8. The van der Waals surface area contributed by atoms with Crippen LogP contribution in [0.5, 0.6) is 0 Å². The normalized spacial score (nSPS) is 22.8. The molecule has 10 nitrogen and oxygen atoms in total. The molecule has 3 fully saturated rings. The van der Waals surface area contributed by atoms with E-state index < -0.39 is 24.2 Å². The van der Waals surface area contributed by atoms with Gasteiger partial charge < -0.3 is 30.3 Å². The van der Waals surface area contributed by atoms with Crippen molar-refractivity contribution < 1.29 is 23.9 Å². The zero-order valence-electron chi connectivity index (χ0n) is 23.0. The minimum atomic E-state index is -0.739. The Morgan fingerprint density at radius 1 is 1.10 bits per heavy atom. The van der Waals surface area contributed by atoms with Gasteiger partial charge >= 0.3 is 0 Å². The van der Waals surface area contributed by atoms with Crippen LogP contribution in [0.2, 0.25) is 0 Å². The molecular weight excluding hydrogens is 571 g/mol. The lowest BCUT2D eigenvalue weighted by Gasteiger charge is -2.36. The number of nitrogens with zero attached hydrogens (tertiary/aromatic N) is 3. The second kappa shape index (κ2) is 17.5. The SMILES string of the molecule is C.COCCN1CCN(c2ccc(C(=O)N[C@@H](CC(C)C)C(=O)N3C[C@H](N)[C@H]4OCC(=O)[C@H]43)cc2)CC1.S.S.S. The molecule has 0 radical (unpaired) electrons. The van der Waals surface area contributed by atoms with Gasteiger partial charge in [-0.15, -0.1) is 0 Å². The lowest BCUT2D eigenvalue weighted by atomic mass is 10.0. The number of amides is 2. The van der Waals surface area contributed by atoms with Gasteiger partial charge in [0.05, 0.1) is 12.6 Å². The molecule has 4 atom stereocenters. The van der Waals surface area contributed by atoms with E-state index in [2.05, 4.69) is 15.1 Å². The molecule has 0 aromatic heterocycles. The fourth-order valence-electron chi connectivity index (χ4n) is 5.33. The summed E-state index contributed by atoms with van der Waals surface area (Å²) in [4.78, 5) is 45.1. The molecule has 1 aromatic carbocycles. The molecule has 1 aromatic rings. The molecule has 3 aliphatic rings. The number of benzene rings is 1. The quantitative estimate of drug-likeness (QED) is 0.422. The minimum absolute atomic E-state index is 0. The van der Waals surface area contributed by atoms with Crippen LogP contribution < -0.4 is 16.0 Å². The number of carbonyl (C=O) groups excluding carboxylic acids is 3. The van der Waals surface area contributed by atoms with Crippen molar-refractivity contribution in [3.63, 3.8) is 0 Å². The maximum atomic E-state index is 13.5. The summed E-state index contributed by atoms with van der Waals surface area (Å²) in [5, 5.41) is 2.92. The number of nitrogens with two attached hydrogens (primary N) is 1. The van der Waals surface area contributed by atoms with Crippen LogP contribution in [-0.2, 0) is 19.1 Å². The van der Waals surface area contributed by atoms with E-state index in [1.165, 1.54) is 4.90 Å². The Balaban J connectivity index is 0.00000380. The number of rotatable bonds is 9. The van der Waals surface area contributed by atoms with Crippen molar-refractivity contribution in [1.29, 1.82) is 0 Å². The number of ketones is 1. The number of Topliss-reactive ketones (excluding diaryl/α,β-unsaturated/α-hetero) is 1. The number of fused-ring (bicyclic) bond motifs is 1. The first-order valence-corrected chi connectivity index (χ1v) is 12.9. The highest BCUT2D eigenvalue weighted by molar-refractivity contribution is 7.59. The summed E-state index contributed by atoms with van der Waals surface area (Å²) in [6.45, 7) is 9.68. The molecule has 0 aliphatic carbocycles. The topological polar surface area (TPSA) is 117 Å². The highest BCUT2D eigenvalue weighted by Gasteiger charge is 2.52. The predicted molar refractivity (Wildman–Crippen MR) is 174 cm³/mol. The van der Waals surface area contributed by atoms with Gasteiger partial charge in [0.2, 0.25) is 5.91 Å². The van der Waals surface area contributed by atoms with Crippen molar-refractivity contribution in [2.24, 2.45) is 11.7 Å². The van der Waals surface area contributed by atoms with E-state index >= 15 is 0 Å². The minimum Gasteiger partial charge on any atom is -0.383 e. The summed E-state index contributed by atoms with van der Waals surface area (Å²) in [5.74, 6) is -0.543. The zero-order valence-corrected chi connectivity index (χ0v) is 26.0. The third-order valence-electron chi connectivity index (χ3n) is 7.30. The third-order valence-corrected chi connectivity index (χ3v) is 7.30. The van der Waals surface area contributed by atoms with E-state index in [-0.39, 0.29) is 84.6 Å². The van der Waals surface area contributed by atoms with E-state index in [1.54, 1.807) is 19.2 Å². The van der Waals surface area contributed by atoms with Crippen molar-refractivity contribution in [2.45, 2.75) is 51.9 Å². The van der Waals surface area contributed by atoms with Crippen molar-refractivity contribution >= 4 is 63.8 Å². The average Bonchev–Trinajstić information content (AvgIpc) is 3.42. The second-order valence-corrected chi connectivity index (χ2v) is 10.4. The molecule has 3 saturated heterocycles. The third kappa shape index (κ3) is 9.01. The molecule has 0 saturated carbocycles. The van der Waals surface area contributed by atoms with Gasteiger partial charge in [-0.05, 0) is 36.6 Å². The number of anilines is 1. The Morgan fingerprint density at radius 3 is 2.30 bits per heavy atom. The van der Waals surface area contributed by atoms with Crippen LogP contribution in [0.1, 0.15) is 38.1 Å². The van der Waals surface area contributed by atoms with Gasteiger partial charge in [0.25, 0.3) is 5.91 Å². The first kappa shape index (κ1) is 38.5. The Morgan fingerprint density at radius 2 is 1.73 bits per heavy atom. The Bertz CT molecular complexity index is 947. The largest absolute Gasteiger partial charge is 0.383 e. The van der Waals surface area contributed by atoms with E-state index in [4.69, 9.17) is 15.2 Å². The lowest BCUT2D eigenvalue weighted by molar-refractivity contribution is -0.138. The molecule has 0 spiro atoms. The molecule has 40 heavy (non-hydrogen) atoms. The van der Waals surface area contributed by atoms with Gasteiger partial charge in [0.1, 0.15) is 24.8 Å². The van der Waals surface area contributed by atoms with Crippen molar-refractivity contribution in [1.82, 2.24) is 15.1 Å². The summed E-state index contributed by atoms with van der Waals surface area (Å²) in [5.41, 5.74) is 7.71. The van der Waals surface area contributed by atoms with Crippen LogP contribution in [0.15, 0.2) is 24.3 Å². The molecule has 3 heterocycles. The number of methoxy groups -OCH3 is 1. The van der Waals surface area contributed by atoms with Gasteiger partial charge in [-0.1, -0.05) is 21.3 Å². The predicted octanol–water partition coefficient (Wildman–Crippen LogP) is 1.08. The van der Waals surface area contributed by atoms with Crippen molar-refractivity contribution in [3.8, 4) is 0 Å². The fourth-order valence-corrected chi connectivity index (χ4v) is 5.33. The van der Waals surface area contributed by atoms with Gasteiger partial charge in [0, 0.05) is 57.6 Å². The summed E-state index contributed by atoms with van der Waals surface area (Å²) in [6, 6.07) is 5.71. The van der Waals surface area contributed by atoms with Crippen molar-refractivity contribution in [3.05, 3.63) is 29.8 Å². The summed E-state index contributed by atoms with van der Waals surface area (Å²) in [6.07, 6.45) is 0.00000278. The number of carbonyl (C=O) groups is 3. The number of hydrogen-bond donors (Lipinski definition) is 2. The van der Waals surface area contributed by atoms with E-state index in [0.29, 0.717) is 12.0 Å². The molecule has 3 aliphatic heterocycles. The highest BCUT2D eigenvalue weighted by Crippen LogP contribution is 2.28. The van der Waals surface area contributed by atoms with Crippen molar-refractivity contribution in [2.75, 3.05) is 64.5 Å². The summed E-state index contributed by atoms with van der Waals surface area (Å²) < 4.78 is 10.7. The van der Waals surface area contributed by atoms with Crippen LogP contribution in [-0.4, -0.2) is 111 Å². The number of hydrogen-bond acceptors (Lipinski definition) is 8. The molecule has 230 valence electrons.